The summed E-state index contributed by atoms with van der Waals surface area (Å²) in [5, 5.41) is 32.2. The predicted octanol–water partition coefficient (Wildman–Crippen LogP) is 6.14. The number of carbonyl (C=O) groups excluding carboxylic acids is 2. The van der Waals surface area contributed by atoms with Crippen molar-refractivity contribution in [3.05, 3.63) is 34.3 Å². The van der Waals surface area contributed by atoms with Gasteiger partial charge in [0.2, 0.25) is 0 Å². The fraction of sp³-hybridized carbons (Fsp3) is 0.714. The van der Waals surface area contributed by atoms with Crippen LogP contribution in [0.25, 0.3) is 0 Å². The molecular weight excluding hydrogens is 416 g/mol. The molecule has 0 aromatic rings. The highest BCUT2D eigenvalue weighted by atomic mass is 16.3. The van der Waals surface area contributed by atoms with Crippen LogP contribution in [0.5, 0.6) is 0 Å². The third-order valence-corrected chi connectivity index (χ3v) is 8.93. The van der Waals surface area contributed by atoms with E-state index in [1.54, 1.807) is 13.8 Å². The third kappa shape index (κ3) is 4.22. The molecule has 0 radical (unpaired) electrons. The number of Topliss-reactive ketones (excluding diaryl/α,β-unsaturated/α-hetero) is 2. The molecule has 0 aliphatic heterocycles. The summed E-state index contributed by atoms with van der Waals surface area (Å²) in [6, 6.07) is 0. The third-order valence-electron chi connectivity index (χ3n) is 8.93. The fourth-order valence-electron chi connectivity index (χ4n) is 6.89. The maximum Gasteiger partial charge on any atom is 0.183 e. The first-order valence-corrected chi connectivity index (χ1v) is 12.6. The quantitative estimate of drug-likeness (QED) is 0.315. The molecule has 1 fully saturated rings. The Labute approximate surface area is 198 Å². The van der Waals surface area contributed by atoms with Gasteiger partial charge in [-0.2, -0.15) is 0 Å². The Kier molecular flexibility index (Phi) is 7.06. The minimum atomic E-state index is -1.25. The smallest absolute Gasteiger partial charge is 0.183 e. The fourth-order valence-corrected chi connectivity index (χ4v) is 6.89. The zero-order valence-electron chi connectivity index (χ0n) is 21.3. The highest BCUT2D eigenvalue weighted by Crippen LogP contribution is 2.60. The van der Waals surface area contributed by atoms with Crippen LogP contribution in [0.2, 0.25) is 0 Å². The van der Waals surface area contributed by atoms with Gasteiger partial charge in [0.1, 0.15) is 17.1 Å². The van der Waals surface area contributed by atoms with Crippen molar-refractivity contribution in [2.45, 2.75) is 92.9 Å². The number of ketones is 2. The van der Waals surface area contributed by atoms with E-state index >= 15 is 0 Å². The Morgan fingerprint density at radius 2 is 1.76 bits per heavy atom. The van der Waals surface area contributed by atoms with Gasteiger partial charge in [-0.05, 0) is 69.1 Å². The van der Waals surface area contributed by atoms with Crippen LogP contribution in [0.1, 0.15) is 92.9 Å². The van der Waals surface area contributed by atoms with Crippen LogP contribution in [-0.2, 0) is 9.59 Å². The normalized spacial score (nSPS) is 31.4. The molecule has 0 aromatic heterocycles. The lowest BCUT2D eigenvalue weighted by atomic mass is 9.48. The zero-order chi connectivity index (χ0) is 24.8. The van der Waals surface area contributed by atoms with E-state index in [1.165, 1.54) is 6.42 Å². The first-order chi connectivity index (χ1) is 15.3. The lowest BCUT2D eigenvalue weighted by Crippen LogP contribution is -2.49. The summed E-state index contributed by atoms with van der Waals surface area (Å²) in [4.78, 5) is 25.6. The van der Waals surface area contributed by atoms with Gasteiger partial charge in [0, 0.05) is 17.9 Å². The Morgan fingerprint density at radius 1 is 1.09 bits per heavy atom. The second-order valence-corrected chi connectivity index (χ2v) is 11.8. The maximum absolute atomic E-state index is 12.9. The number of allylic oxidation sites excluding steroid dienone is 4. The summed E-state index contributed by atoms with van der Waals surface area (Å²) in [5.74, 6) is -0.880. The largest absolute Gasteiger partial charge is 0.511 e. The van der Waals surface area contributed by atoms with Crippen LogP contribution >= 0.6 is 0 Å². The Morgan fingerprint density at radius 3 is 2.36 bits per heavy atom. The van der Waals surface area contributed by atoms with Crippen molar-refractivity contribution in [3.63, 3.8) is 0 Å². The molecule has 5 heteroatoms. The summed E-state index contributed by atoms with van der Waals surface area (Å²) < 4.78 is 0. The highest BCUT2D eigenvalue weighted by molar-refractivity contribution is 6.24. The lowest BCUT2D eigenvalue weighted by molar-refractivity contribution is -0.127. The second-order valence-electron chi connectivity index (χ2n) is 11.8. The molecule has 5 nitrogen and oxygen atoms in total. The van der Waals surface area contributed by atoms with E-state index in [0.29, 0.717) is 25.2 Å². The molecule has 0 spiro atoms. The van der Waals surface area contributed by atoms with Crippen LogP contribution in [-0.4, -0.2) is 33.5 Å². The molecule has 0 heterocycles. The molecule has 3 N–H and O–H groups in total. The van der Waals surface area contributed by atoms with Gasteiger partial charge in [-0.1, -0.05) is 45.8 Å². The standard InChI is InChI=1S/C28H42O5/c1-7-9-20(30)22-23(31)18(24(32)27(4,5)25(22)33)12-10-17-11-13-21-26(2,3)14-8-15-28(21,6)19(17)16-29/h11,19,21,29,31-32H,7-10,12-16H2,1-6H3/t19-,21?,28+/m0/s1. The number of aliphatic hydroxyl groups is 3. The molecule has 3 atom stereocenters. The zero-order valence-corrected chi connectivity index (χ0v) is 21.3. The number of hydrogen-bond donors (Lipinski definition) is 3. The summed E-state index contributed by atoms with van der Waals surface area (Å²) in [5.41, 5.74) is 0.256. The SMILES string of the molecule is CCCC(=O)C1=C(O)C(CCC2=CCC3C(C)(C)CCC[C@]3(C)[C@H]2CO)=C(O)C(C)(C)C1=O. The van der Waals surface area contributed by atoms with Gasteiger partial charge in [-0.15, -0.1) is 0 Å². The molecule has 0 saturated heterocycles. The van der Waals surface area contributed by atoms with Crippen molar-refractivity contribution in [1.29, 1.82) is 0 Å². The lowest BCUT2D eigenvalue weighted by Gasteiger charge is -2.56. The molecule has 0 aromatic carbocycles. The number of fused-ring (bicyclic) bond motifs is 1. The molecule has 0 amide bonds. The van der Waals surface area contributed by atoms with Gasteiger partial charge in [-0.3, -0.25) is 9.59 Å². The molecule has 3 rings (SSSR count). The van der Waals surface area contributed by atoms with E-state index in [9.17, 15) is 24.9 Å². The Hall–Kier alpha value is -1.88. The summed E-state index contributed by atoms with van der Waals surface area (Å²) >= 11 is 0. The molecule has 33 heavy (non-hydrogen) atoms. The van der Waals surface area contributed by atoms with Crippen molar-refractivity contribution in [1.82, 2.24) is 0 Å². The first kappa shape index (κ1) is 25.7. The van der Waals surface area contributed by atoms with E-state index in [2.05, 4.69) is 26.8 Å². The van der Waals surface area contributed by atoms with Gasteiger partial charge in [0.25, 0.3) is 0 Å². The molecule has 3 aliphatic carbocycles. The van der Waals surface area contributed by atoms with Crippen LogP contribution in [0.4, 0.5) is 0 Å². The maximum atomic E-state index is 12.9. The number of hydrogen-bond acceptors (Lipinski definition) is 5. The van der Waals surface area contributed by atoms with Crippen molar-refractivity contribution >= 4 is 11.6 Å². The predicted molar refractivity (Wildman–Crippen MR) is 130 cm³/mol. The highest BCUT2D eigenvalue weighted by Gasteiger charge is 2.52. The van der Waals surface area contributed by atoms with E-state index < -0.39 is 11.2 Å². The van der Waals surface area contributed by atoms with E-state index in [0.717, 1.165) is 24.8 Å². The molecule has 3 aliphatic rings. The van der Waals surface area contributed by atoms with E-state index in [4.69, 9.17) is 0 Å². The van der Waals surface area contributed by atoms with Crippen LogP contribution < -0.4 is 0 Å². The summed E-state index contributed by atoms with van der Waals surface area (Å²) in [6.45, 7) is 12.1. The van der Waals surface area contributed by atoms with Gasteiger partial charge >= 0.3 is 0 Å². The van der Waals surface area contributed by atoms with Crippen molar-refractivity contribution in [2.24, 2.45) is 28.1 Å². The van der Waals surface area contributed by atoms with Gasteiger partial charge < -0.3 is 15.3 Å². The number of carbonyl (C=O) groups is 2. The minimum absolute atomic E-state index is 0.0128. The van der Waals surface area contributed by atoms with Crippen LogP contribution in [0.15, 0.2) is 34.3 Å². The van der Waals surface area contributed by atoms with Gasteiger partial charge in [0.15, 0.2) is 11.6 Å². The van der Waals surface area contributed by atoms with E-state index in [-0.39, 0.29) is 58.2 Å². The van der Waals surface area contributed by atoms with E-state index in [1.807, 2.05) is 6.92 Å². The van der Waals surface area contributed by atoms with Crippen LogP contribution in [0, 0.1) is 28.1 Å². The second kappa shape index (κ2) is 9.05. The molecule has 184 valence electrons. The van der Waals surface area contributed by atoms with Crippen molar-refractivity contribution in [2.75, 3.05) is 6.61 Å². The molecular formula is C28H42O5. The monoisotopic (exact) mass is 458 g/mol. The molecule has 1 unspecified atom stereocenters. The average molecular weight is 459 g/mol. The van der Waals surface area contributed by atoms with Crippen LogP contribution in [0.3, 0.4) is 0 Å². The Balaban J connectivity index is 1.93. The number of rotatable bonds is 7. The van der Waals surface area contributed by atoms with Crippen molar-refractivity contribution in [3.8, 4) is 0 Å². The van der Waals surface area contributed by atoms with Crippen molar-refractivity contribution < 1.29 is 24.9 Å². The Bertz CT molecular complexity index is 917. The summed E-state index contributed by atoms with van der Waals surface area (Å²) in [7, 11) is 0. The molecule has 1 saturated carbocycles. The topological polar surface area (TPSA) is 94.8 Å². The number of aliphatic hydroxyl groups excluding tert-OH is 3. The summed E-state index contributed by atoms with van der Waals surface area (Å²) in [6.07, 6.45) is 8.30. The average Bonchev–Trinajstić information content (AvgIpc) is 2.72. The van der Waals surface area contributed by atoms with Gasteiger partial charge in [0.05, 0.1) is 12.0 Å². The molecule has 0 bridgehead atoms. The van der Waals surface area contributed by atoms with Gasteiger partial charge in [-0.25, -0.2) is 0 Å². The first-order valence-electron chi connectivity index (χ1n) is 12.6. The minimum Gasteiger partial charge on any atom is -0.511 e.